The summed E-state index contributed by atoms with van der Waals surface area (Å²) < 4.78 is 0.982. The van der Waals surface area contributed by atoms with Gasteiger partial charge in [0.15, 0.2) is 3.92 Å². The molecule has 1 fully saturated rings. The Morgan fingerprint density at radius 3 is 2.92 bits per heavy atom. The molecule has 0 atom stereocenters. The van der Waals surface area contributed by atoms with Gasteiger partial charge in [-0.1, -0.05) is 12.8 Å². The van der Waals surface area contributed by atoms with Crippen LogP contribution < -0.4 is 5.32 Å². The Hall–Kier alpha value is 0.0700. The van der Waals surface area contributed by atoms with Crippen molar-refractivity contribution >= 4 is 27.3 Å². The number of thiazole rings is 1. The summed E-state index contributed by atoms with van der Waals surface area (Å²) in [6.07, 6.45) is 7.42. The van der Waals surface area contributed by atoms with Crippen LogP contribution in [0.15, 0.2) is 10.1 Å². The van der Waals surface area contributed by atoms with Crippen LogP contribution in [0.2, 0.25) is 0 Å². The third kappa shape index (κ3) is 2.76. The first-order valence-corrected chi connectivity index (χ1v) is 6.29. The topological polar surface area (TPSA) is 24.9 Å². The molecule has 1 heterocycles. The summed E-state index contributed by atoms with van der Waals surface area (Å²) in [7, 11) is 0. The summed E-state index contributed by atoms with van der Waals surface area (Å²) >= 11 is 5.08. The summed E-state index contributed by atoms with van der Waals surface area (Å²) in [6, 6.07) is 0.751. The van der Waals surface area contributed by atoms with Crippen molar-refractivity contribution in [3.8, 4) is 0 Å². The Labute approximate surface area is 90.9 Å². The molecule has 0 amide bonds. The zero-order chi connectivity index (χ0) is 9.10. The van der Waals surface area contributed by atoms with Gasteiger partial charge >= 0.3 is 0 Å². The third-order valence-electron chi connectivity index (χ3n) is 2.45. The molecule has 2 nitrogen and oxygen atoms in total. The van der Waals surface area contributed by atoms with E-state index < -0.39 is 0 Å². The van der Waals surface area contributed by atoms with Gasteiger partial charge in [0.1, 0.15) is 0 Å². The smallest absolute Gasteiger partial charge is 0.159 e. The lowest BCUT2D eigenvalue weighted by Gasteiger charge is -2.09. The van der Waals surface area contributed by atoms with Crippen LogP contribution in [-0.2, 0) is 6.54 Å². The van der Waals surface area contributed by atoms with Crippen LogP contribution in [-0.4, -0.2) is 11.0 Å². The normalized spacial score (nSPS) is 18.2. The number of halogens is 1. The van der Waals surface area contributed by atoms with Gasteiger partial charge in [-0.25, -0.2) is 4.98 Å². The lowest BCUT2D eigenvalue weighted by Crippen LogP contribution is -2.24. The molecule has 0 spiro atoms. The number of rotatable bonds is 3. The van der Waals surface area contributed by atoms with Gasteiger partial charge in [-0.05, 0) is 28.8 Å². The van der Waals surface area contributed by atoms with Crippen molar-refractivity contribution in [1.82, 2.24) is 10.3 Å². The Morgan fingerprint density at radius 1 is 1.54 bits per heavy atom. The predicted octanol–water partition coefficient (Wildman–Crippen LogP) is 2.94. The third-order valence-corrected chi connectivity index (χ3v) is 3.92. The molecule has 1 aliphatic rings. The number of nitrogens with one attached hydrogen (secondary N) is 1. The highest BCUT2D eigenvalue weighted by Gasteiger charge is 2.14. The second-order valence-electron chi connectivity index (χ2n) is 3.44. The molecule has 0 radical (unpaired) electrons. The van der Waals surface area contributed by atoms with Crippen LogP contribution in [0.25, 0.3) is 0 Å². The van der Waals surface area contributed by atoms with E-state index in [2.05, 4.69) is 26.2 Å². The lowest BCUT2D eigenvalue weighted by molar-refractivity contribution is 0.527. The van der Waals surface area contributed by atoms with E-state index in [1.807, 2.05) is 6.20 Å². The molecule has 72 valence electrons. The summed E-state index contributed by atoms with van der Waals surface area (Å²) in [5.41, 5.74) is 0. The van der Waals surface area contributed by atoms with Crippen molar-refractivity contribution in [1.29, 1.82) is 0 Å². The van der Waals surface area contributed by atoms with E-state index in [1.165, 1.54) is 30.6 Å². The van der Waals surface area contributed by atoms with Crippen LogP contribution in [0.5, 0.6) is 0 Å². The van der Waals surface area contributed by atoms with Crippen LogP contribution >= 0.6 is 27.3 Å². The minimum absolute atomic E-state index is 0.751. The van der Waals surface area contributed by atoms with Crippen molar-refractivity contribution in [2.45, 2.75) is 38.3 Å². The van der Waals surface area contributed by atoms with E-state index in [0.29, 0.717) is 0 Å². The average Bonchev–Trinajstić information content (AvgIpc) is 2.71. The van der Waals surface area contributed by atoms with E-state index in [1.54, 1.807) is 11.3 Å². The van der Waals surface area contributed by atoms with Gasteiger partial charge in [0, 0.05) is 23.7 Å². The first-order chi connectivity index (χ1) is 6.34. The monoisotopic (exact) mass is 260 g/mol. The van der Waals surface area contributed by atoms with E-state index >= 15 is 0 Å². The summed E-state index contributed by atoms with van der Waals surface area (Å²) in [5.74, 6) is 0. The SMILES string of the molecule is Brc1ncc(CNC2CCCC2)s1. The molecule has 0 bridgehead atoms. The van der Waals surface area contributed by atoms with Gasteiger partial charge in [-0.3, -0.25) is 0 Å². The number of aromatic nitrogens is 1. The molecular weight excluding hydrogens is 248 g/mol. The molecule has 0 unspecified atom stereocenters. The van der Waals surface area contributed by atoms with Crippen molar-refractivity contribution < 1.29 is 0 Å². The molecule has 0 saturated heterocycles. The fraction of sp³-hybridized carbons (Fsp3) is 0.667. The maximum atomic E-state index is 4.16. The van der Waals surface area contributed by atoms with Crippen LogP contribution in [0.4, 0.5) is 0 Å². The largest absolute Gasteiger partial charge is 0.309 e. The molecule has 1 aromatic rings. The van der Waals surface area contributed by atoms with Gasteiger partial charge in [-0.15, -0.1) is 11.3 Å². The van der Waals surface area contributed by atoms with Gasteiger partial charge < -0.3 is 5.32 Å². The van der Waals surface area contributed by atoms with Crippen molar-refractivity contribution in [3.63, 3.8) is 0 Å². The highest BCUT2D eigenvalue weighted by atomic mass is 79.9. The van der Waals surface area contributed by atoms with E-state index in [-0.39, 0.29) is 0 Å². The van der Waals surface area contributed by atoms with E-state index in [9.17, 15) is 0 Å². The maximum absolute atomic E-state index is 4.16. The fourth-order valence-electron chi connectivity index (χ4n) is 1.74. The fourth-order valence-corrected chi connectivity index (χ4v) is 3.05. The molecule has 4 heteroatoms. The van der Waals surface area contributed by atoms with Gasteiger partial charge in [0.05, 0.1) is 0 Å². The van der Waals surface area contributed by atoms with Crippen molar-refractivity contribution in [2.75, 3.05) is 0 Å². The molecule has 1 N–H and O–H groups in total. The predicted molar refractivity (Wildman–Crippen MR) is 58.9 cm³/mol. The first-order valence-electron chi connectivity index (χ1n) is 4.68. The minimum Gasteiger partial charge on any atom is -0.309 e. The van der Waals surface area contributed by atoms with Gasteiger partial charge in [-0.2, -0.15) is 0 Å². The van der Waals surface area contributed by atoms with Crippen molar-refractivity contribution in [3.05, 3.63) is 15.0 Å². The number of hydrogen-bond acceptors (Lipinski definition) is 3. The summed E-state index contributed by atoms with van der Waals surface area (Å²) in [6.45, 7) is 0.980. The zero-order valence-corrected chi connectivity index (χ0v) is 9.83. The highest BCUT2D eigenvalue weighted by Crippen LogP contribution is 2.21. The van der Waals surface area contributed by atoms with E-state index in [4.69, 9.17) is 0 Å². The second-order valence-corrected chi connectivity index (χ2v) is 5.83. The molecule has 2 rings (SSSR count). The molecule has 1 aliphatic carbocycles. The Morgan fingerprint density at radius 2 is 2.31 bits per heavy atom. The quantitative estimate of drug-likeness (QED) is 0.904. The zero-order valence-electron chi connectivity index (χ0n) is 7.42. The highest BCUT2D eigenvalue weighted by molar-refractivity contribution is 9.11. The Balaban J connectivity index is 1.78. The molecule has 1 aromatic heterocycles. The van der Waals surface area contributed by atoms with Crippen LogP contribution in [0.3, 0.4) is 0 Å². The minimum atomic E-state index is 0.751. The van der Waals surface area contributed by atoms with Crippen molar-refractivity contribution in [2.24, 2.45) is 0 Å². The standard InChI is InChI=1S/C9H13BrN2S/c10-9-12-6-8(13-9)5-11-7-3-1-2-4-7/h6-7,11H,1-5H2. The summed E-state index contributed by atoms with van der Waals surface area (Å²) in [4.78, 5) is 5.48. The second kappa shape index (κ2) is 4.53. The first kappa shape index (κ1) is 9.62. The lowest BCUT2D eigenvalue weighted by atomic mass is 10.2. The average molecular weight is 261 g/mol. The molecule has 1 saturated carbocycles. The van der Waals surface area contributed by atoms with Crippen LogP contribution in [0.1, 0.15) is 30.6 Å². The van der Waals surface area contributed by atoms with E-state index in [0.717, 1.165) is 16.5 Å². The van der Waals surface area contributed by atoms with Gasteiger partial charge in [0.2, 0.25) is 0 Å². The molecule has 0 aliphatic heterocycles. The summed E-state index contributed by atoms with van der Waals surface area (Å²) in [5, 5.41) is 3.56. The Kier molecular flexibility index (Phi) is 3.35. The number of nitrogens with zero attached hydrogens (tertiary/aromatic N) is 1. The molecule has 0 aromatic carbocycles. The Bertz CT molecular complexity index is 268. The molecular formula is C9H13BrN2S. The van der Waals surface area contributed by atoms with Gasteiger partial charge in [0.25, 0.3) is 0 Å². The molecule has 13 heavy (non-hydrogen) atoms. The maximum Gasteiger partial charge on any atom is 0.159 e. The number of hydrogen-bond donors (Lipinski definition) is 1. The van der Waals surface area contributed by atoms with Crippen LogP contribution in [0, 0.1) is 0 Å².